The molecule has 0 bridgehead atoms. The minimum absolute atomic E-state index is 0. The molecule has 0 atom stereocenters. The first-order valence-electron chi connectivity index (χ1n) is 7.86. The first-order chi connectivity index (χ1) is 9.44. The largest absolute Gasteiger partial charge is 2.00 e. The van der Waals surface area contributed by atoms with E-state index in [1.807, 2.05) is 27.7 Å². The van der Waals surface area contributed by atoms with Gasteiger partial charge in [0.1, 0.15) is 0 Å². The first-order valence-corrected chi connectivity index (χ1v) is 7.86. The molecule has 0 aliphatic heterocycles. The summed E-state index contributed by atoms with van der Waals surface area (Å²) in [4.78, 5) is 20.7. The molecule has 0 aromatic heterocycles. The Bertz CT molecular complexity index is 221. The van der Waals surface area contributed by atoms with Gasteiger partial charge in [-0.1, -0.05) is 53.4 Å². The zero-order valence-electron chi connectivity index (χ0n) is 14.7. The van der Waals surface area contributed by atoms with Crippen molar-refractivity contribution in [3.63, 3.8) is 0 Å². The van der Waals surface area contributed by atoms with Crippen molar-refractivity contribution in [2.24, 2.45) is 11.8 Å². The second-order valence-electron chi connectivity index (χ2n) is 5.19. The molecule has 22 heavy (non-hydrogen) atoms. The SMILES string of the molecule is CCCC(CCC)C(=O)[O-].CCCC(CCC)C(=O)[O-].O.[Ca+2]. The molecular formula is C16H32CaO5. The monoisotopic (exact) mass is 344 g/mol. The molecule has 128 valence electrons. The minimum atomic E-state index is -0.885. The van der Waals surface area contributed by atoms with E-state index in [1.54, 1.807) is 0 Å². The second-order valence-corrected chi connectivity index (χ2v) is 5.19. The van der Waals surface area contributed by atoms with Crippen molar-refractivity contribution < 1.29 is 25.3 Å². The molecule has 0 spiro atoms. The van der Waals surface area contributed by atoms with E-state index in [0.717, 1.165) is 51.4 Å². The first kappa shape index (κ1) is 30.1. The molecule has 0 rings (SSSR count). The fourth-order valence-electron chi connectivity index (χ4n) is 2.15. The molecule has 2 N–H and O–H groups in total. The molecule has 5 nitrogen and oxygen atoms in total. The molecule has 0 aromatic rings. The Morgan fingerprint density at radius 2 is 0.864 bits per heavy atom. The third-order valence-corrected chi connectivity index (χ3v) is 3.22. The summed E-state index contributed by atoms with van der Waals surface area (Å²) >= 11 is 0. The quantitative estimate of drug-likeness (QED) is 0.543. The maximum Gasteiger partial charge on any atom is 2.00 e. The molecule has 0 radical (unpaired) electrons. The number of carbonyl (C=O) groups is 2. The summed E-state index contributed by atoms with van der Waals surface area (Å²) in [7, 11) is 0. The zero-order valence-corrected chi connectivity index (χ0v) is 16.9. The molecule has 0 saturated carbocycles. The number of aliphatic carboxylic acids is 2. The van der Waals surface area contributed by atoms with Crippen LogP contribution in [0.1, 0.15) is 79.1 Å². The van der Waals surface area contributed by atoms with Crippen LogP contribution in [0.5, 0.6) is 0 Å². The van der Waals surface area contributed by atoms with Crippen molar-refractivity contribution in [2.45, 2.75) is 79.1 Å². The summed E-state index contributed by atoms with van der Waals surface area (Å²) in [5.74, 6) is -2.20. The van der Waals surface area contributed by atoms with Gasteiger partial charge in [-0.25, -0.2) is 0 Å². The molecule has 0 heterocycles. The molecule has 0 unspecified atom stereocenters. The van der Waals surface area contributed by atoms with E-state index in [2.05, 4.69) is 0 Å². The average Bonchev–Trinajstić information content (AvgIpc) is 2.38. The van der Waals surface area contributed by atoms with Crippen molar-refractivity contribution in [1.82, 2.24) is 0 Å². The minimum Gasteiger partial charge on any atom is -0.550 e. The average molecular weight is 345 g/mol. The van der Waals surface area contributed by atoms with Gasteiger partial charge in [-0.2, -0.15) is 0 Å². The number of rotatable bonds is 10. The van der Waals surface area contributed by atoms with Gasteiger partial charge >= 0.3 is 37.7 Å². The zero-order chi connectivity index (χ0) is 16.0. The van der Waals surface area contributed by atoms with E-state index in [-0.39, 0.29) is 55.1 Å². The van der Waals surface area contributed by atoms with E-state index in [1.165, 1.54) is 0 Å². The number of carbonyl (C=O) groups excluding carboxylic acids is 2. The van der Waals surface area contributed by atoms with Crippen LogP contribution in [0.2, 0.25) is 0 Å². The maximum absolute atomic E-state index is 10.4. The normalized spacial score (nSPS) is 9.36. The molecule has 6 heteroatoms. The van der Waals surface area contributed by atoms with Crippen LogP contribution in [-0.2, 0) is 9.59 Å². The molecule has 0 aromatic carbocycles. The molecule has 0 aliphatic rings. The Morgan fingerprint density at radius 3 is 0.955 bits per heavy atom. The van der Waals surface area contributed by atoms with Gasteiger partial charge in [0, 0.05) is 11.9 Å². The Morgan fingerprint density at radius 1 is 0.682 bits per heavy atom. The van der Waals surface area contributed by atoms with Gasteiger partial charge in [-0.15, -0.1) is 0 Å². The molecule has 0 saturated heterocycles. The van der Waals surface area contributed by atoms with Crippen LogP contribution < -0.4 is 10.2 Å². The van der Waals surface area contributed by atoms with E-state index in [4.69, 9.17) is 0 Å². The smallest absolute Gasteiger partial charge is 0.550 e. The van der Waals surface area contributed by atoms with Crippen LogP contribution in [0.4, 0.5) is 0 Å². The molecule has 0 fully saturated rings. The Balaban J connectivity index is -0.000000135. The Hall–Kier alpha value is 0.160. The predicted octanol–water partition coefficient (Wildman–Crippen LogP) is 0.700. The summed E-state index contributed by atoms with van der Waals surface area (Å²) < 4.78 is 0. The third kappa shape index (κ3) is 18.2. The fourth-order valence-corrected chi connectivity index (χ4v) is 2.15. The van der Waals surface area contributed by atoms with E-state index < -0.39 is 11.9 Å². The molecular weight excluding hydrogens is 312 g/mol. The van der Waals surface area contributed by atoms with Crippen LogP contribution in [-0.4, -0.2) is 55.2 Å². The topological polar surface area (TPSA) is 112 Å². The Labute approximate surface area is 165 Å². The number of carboxylic acids is 2. The van der Waals surface area contributed by atoms with Crippen molar-refractivity contribution in [1.29, 1.82) is 0 Å². The van der Waals surface area contributed by atoms with E-state index >= 15 is 0 Å². The van der Waals surface area contributed by atoms with Crippen molar-refractivity contribution in [3.8, 4) is 0 Å². The van der Waals surface area contributed by atoms with E-state index in [9.17, 15) is 19.8 Å². The summed E-state index contributed by atoms with van der Waals surface area (Å²) in [6, 6.07) is 0. The van der Waals surface area contributed by atoms with Gasteiger partial charge in [0.25, 0.3) is 0 Å². The van der Waals surface area contributed by atoms with Crippen LogP contribution >= 0.6 is 0 Å². The predicted molar refractivity (Wildman–Crippen MR) is 86.0 cm³/mol. The van der Waals surface area contributed by atoms with Crippen LogP contribution in [0, 0.1) is 11.8 Å². The standard InChI is InChI=1S/2C8H16O2.Ca.H2O/c2*1-3-5-7(6-4-2)8(9)10;;/h2*7H,3-6H2,1-2H3,(H,9,10);;1H2/q;;+2;/p-2. The van der Waals surface area contributed by atoms with Gasteiger partial charge in [0.05, 0.1) is 0 Å². The summed E-state index contributed by atoms with van der Waals surface area (Å²) in [6.45, 7) is 7.97. The summed E-state index contributed by atoms with van der Waals surface area (Å²) in [5.41, 5.74) is 0. The van der Waals surface area contributed by atoms with Gasteiger partial charge in [-0.05, 0) is 37.5 Å². The summed E-state index contributed by atoms with van der Waals surface area (Å²) in [6.07, 6.45) is 6.76. The number of hydrogen-bond donors (Lipinski definition) is 0. The molecule has 0 aliphatic carbocycles. The van der Waals surface area contributed by atoms with Crippen molar-refractivity contribution in [3.05, 3.63) is 0 Å². The Kier molecular flexibility index (Phi) is 28.9. The number of hydrogen-bond acceptors (Lipinski definition) is 4. The fraction of sp³-hybridized carbons (Fsp3) is 0.875. The van der Waals surface area contributed by atoms with Gasteiger partial charge in [0.2, 0.25) is 0 Å². The van der Waals surface area contributed by atoms with Gasteiger partial charge in [-0.3, -0.25) is 0 Å². The van der Waals surface area contributed by atoms with Crippen LogP contribution in [0.25, 0.3) is 0 Å². The van der Waals surface area contributed by atoms with Gasteiger partial charge < -0.3 is 25.3 Å². The van der Waals surface area contributed by atoms with Crippen molar-refractivity contribution >= 4 is 49.7 Å². The third-order valence-electron chi connectivity index (χ3n) is 3.22. The second kappa shape index (κ2) is 21.2. The van der Waals surface area contributed by atoms with Crippen LogP contribution in [0.3, 0.4) is 0 Å². The maximum atomic E-state index is 10.4. The number of carboxylic acid groups (broad SMARTS) is 2. The van der Waals surface area contributed by atoms with Gasteiger partial charge in [0.15, 0.2) is 0 Å². The van der Waals surface area contributed by atoms with Crippen LogP contribution in [0.15, 0.2) is 0 Å². The van der Waals surface area contributed by atoms with Crippen molar-refractivity contribution in [2.75, 3.05) is 0 Å². The molecule has 0 amide bonds. The van der Waals surface area contributed by atoms with E-state index in [0.29, 0.717) is 0 Å². The summed E-state index contributed by atoms with van der Waals surface area (Å²) in [5, 5.41) is 20.7.